The van der Waals surface area contributed by atoms with Crippen LogP contribution in [-0.4, -0.2) is 41.9 Å². The molecule has 5 nitrogen and oxygen atoms in total. The van der Waals surface area contributed by atoms with Gasteiger partial charge in [0.15, 0.2) is 0 Å². The number of nitrogens with zero attached hydrogens (tertiary/aromatic N) is 1. The second-order valence-electron chi connectivity index (χ2n) is 4.29. The molecule has 1 amide bonds. The predicted octanol–water partition coefficient (Wildman–Crippen LogP) is 0.738. The summed E-state index contributed by atoms with van der Waals surface area (Å²) in [5, 5.41) is 12.5. The lowest BCUT2D eigenvalue weighted by atomic mass is 10.0. The molecule has 1 aromatic rings. The van der Waals surface area contributed by atoms with Crippen molar-refractivity contribution in [2.45, 2.75) is 18.9 Å². The summed E-state index contributed by atoms with van der Waals surface area (Å²) >= 11 is 0. The Morgan fingerprint density at radius 3 is 2.89 bits per heavy atom. The molecule has 0 spiro atoms. The van der Waals surface area contributed by atoms with E-state index < -0.39 is 17.5 Å². The van der Waals surface area contributed by atoms with Gasteiger partial charge in [-0.1, -0.05) is 0 Å². The molecule has 0 aliphatic rings. The molecule has 0 radical (unpaired) electrons. The number of aliphatic hydroxyl groups is 1. The van der Waals surface area contributed by atoms with Crippen LogP contribution in [0.5, 0.6) is 0 Å². The van der Waals surface area contributed by atoms with Gasteiger partial charge >= 0.3 is 0 Å². The van der Waals surface area contributed by atoms with Crippen molar-refractivity contribution in [2.75, 3.05) is 20.3 Å². The van der Waals surface area contributed by atoms with E-state index in [-0.39, 0.29) is 12.1 Å². The van der Waals surface area contributed by atoms with Crippen LogP contribution in [0.4, 0.5) is 4.39 Å². The van der Waals surface area contributed by atoms with Gasteiger partial charge in [-0.2, -0.15) is 4.39 Å². The summed E-state index contributed by atoms with van der Waals surface area (Å²) in [6, 6.07) is 2.44. The molecule has 2 N–H and O–H groups in total. The van der Waals surface area contributed by atoms with Crippen LogP contribution in [0.25, 0.3) is 0 Å². The summed E-state index contributed by atoms with van der Waals surface area (Å²) < 4.78 is 17.4. The Bertz CT molecular complexity index is 393. The molecule has 1 atom stereocenters. The van der Waals surface area contributed by atoms with Crippen molar-refractivity contribution in [2.24, 2.45) is 0 Å². The van der Waals surface area contributed by atoms with E-state index >= 15 is 0 Å². The fourth-order valence-corrected chi connectivity index (χ4v) is 1.29. The number of methoxy groups -OCH3 is 1. The van der Waals surface area contributed by atoms with Gasteiger partial charge in [0.05, 0.1) is 11.2 Å². The van der Waals surface area contributed by atoms with Gasteiger partial charge < -0.3 is 15.2 Å². The highest BCUT2D eigenvalue weighted by Gasteiger charge is 2.21. The van der Waals surface area contributed by atoms with Crippen LogP contribution in [0.3, 0.4) is 0 Å². The van der Waals surface area contributed by atoms with Crippen LogP contribution >= 0.6 is 0 Å². The molecule has 0 aromatic carbocycles. The minimum atomic E-state index is -1.04. The van der Waals surface area contributed by atoms with Gasteiger partial charge in [-0.05, 0) is 19.1 Å². The summed E-state index contributed by atoms with van der Waals surface area (Å²) in [5.41, 5.74) is -0.794. The molecule has 0 bridgehead atoms. The molecule has 1 heterocycles. The van der Waals surface area contributed by atoms with E-state index in [2.05, 4.69) is 10.3 Å². The number of hydrogen-bond acceptors (Lipinski definition) is 4. The lowest BCUT2D eigenvalue weighted by Crippen LogP contribution is -2.41. The Morgan fingerprint density at radius 1 is 1.61 bits per heavy atom. The van der Waals surface area contributed by atoms with E-state index in [1.54, 1.807) is 14.0 Å². The fraction of sp³-hybridized carbons (Fsp3) is 0.500. The zero-order valence-electron chi connectivity index (χ0n) is 10.4. The smallest absolute Gasteiger partial charge is 0.252 e. The van der Waals surface area contributed by atoms with E-state index in [1.165, 1.54) is 6.07 Å². The van der Waals surface area contributed by atoms with Crippen molar-refractivity contribution in [3.8, 4) is 0 Å². The van der Waals surface area contributed by atoms with Gasteiger partial charge in [-0.3, -0.25) is 4.79 Å². The van der Waals surface area contributed by atoms with Crippen LogP contribution in [0.15, 0.2) is 18.3 Å². The summed E-state index contributed by atoms with van der Waals surface area (Å²) in [5.74, 6) is -1.04. The van der Waals surface area contributed by atoms with Crippen molar-refractivity contribution in [3.63, 3.8) is 0 Å². The Balaban J connectivity index is 2.48. The summed E-state index contributed by atoms with van der Waals surface area (Å²) in [6.45, 7) is 2.10. The number of ether oxygens (including phenoxy) is 1. The first kappa shape index (κ1) is 14.5. The normalized spacial score (nSPS) is 14.0. The highest BCUT2D eigenvalue weighted by atomic mass is 19.1. The van der Waals surface area contributed by atoms with Gasteiger partial charge in [0, 0.05) is 32.9 Å². The Morgan fingerprint density at radius 2 is 2.33 bits per heavy atom. The van der Waals surface area contributed by atoms with Crippen molar-refractivity contribution in [3.05, 3.63) is 29.8 Å². The first-order valence-corrected chi connectivity index (χ1v) is 5.56. The summed E-state index contributed by atoms with van der Waals surface area (Å²) in [6.07, 6.45) is 1.56. The van der Waals surface area contributed by atoms with Gasteiger partial charge in [0.1, 0.15) is 0 Å². The third-order valence-corrected chi connectivity index (χ3v) is 2.46. The topological polar surface area (TPSA) is 71.5 Å². The maximum absolute atomic E-state index is 12.6. The molecule has 0 saturated heterocycles. The SMILES string of the molecule is COCCC(C)(O)CNC(=O)c1ccc(F)nc1. The van der Waals surface area contributed by atoms with Crippen LogP contribution in [0, 0.1) is 5.95 Å². The number of nitrogens with one attached hydrogen (secondary N) is 1. The number of amides is 1. The number of aromatic nitrogens is 1. The van der Waals surface area contributed by atoms with Crippen molar-refractivity contribution >= 4 is 5.91 Å². The third kappa shape index (κ3) is 4.77. The maximum Gasteiger partial charge on any atom is 0.252 e. The monoisotopic (exact) mass is 256 g/mol. The fourth-order valence-electron chi connectivity index (χ4n) is 1.29. The molecule has 0 saturated carbocycles. The lowest BCUT2D eigenvalue weighted by Gasteiger charge is -2.23. The van der Waals surface area contributed by atoms with E-state index in [9.17, 15) is 14.3 Å². The van der Waals surface area contributed by atoms with Crippen molar-refractivity contribution in [1.82, 2.24) is 10.3 Å². The second-order valence-corrected chi connectivity index (χ2v) is 4.29. The molecule has 1 rings (SSSR count). The van der Waals surface area contributed by atoms with Gasteiger partial charge in [0.25, 0.3) is 5.91 Å². The Kier molecular flexibility index (Phi) is 5.18. The minimum absolute atomic E-state index is 0.0899. The van der Waals surface area contributed by atoms with Crippen LogP contribution in [0.2, 0.25) is 0 Å². The highest BCUT2D eigenvalue weighted by Crippen LogP contribution is 2.08. The average Bonchev–Trinajstić information content (AvgIpc) is 2.35. The third-order valence-electron chi connectivity index (χ3n) is 2.46. The Hall–Kier alpha value is -1.53. The number of hydrogen-bond donors (Lipinski definition) is 2. The first-order valence-electron chi connectivity index (χ1n) is 5.56. The van der Waals surface area contributed by atoms with Crippen LogP contribution in [0.1, 0.15) is 23.7 Å². The lowest BCUT2D eigenvalue weighted by molar-refractivity contribution is 0.0243. The molecule has 6 heteroatoms. The first-order chi connectivity index (χ1) is 8.44. The number of carbonyl (C=O) groups excluding carboxylic acids is 1. The van der Waals surface area contributed by atoms with Gasteiger partial charge in [-0.15, -0.1) is 0 Å². The molecule has 0 fully saturated rings. The van der Waals surface area contributed by atoms with Crippen LogP contribution < -0.4 is 5.32 Å². The zero-order chi connectivity index (χ0) is 13.6. The van der Waals surface area contributed by atoms with E-state index in [1.807, 2.05) is 0 Å². The molecular formula is C12H17FN2O3. The maximum atomic E-state index is 12.6. The molecule has 1 unspecified atom stereocenters. The average molecular weight is 256 g/mol. The summed E-state index contributed by atoms with van der Waals surface area (Å²) in [7, 11) is 1.54. The molecule has 0 aliphatic carbocycles. The zero-order valence-corrected chi connectivity index (χ0v) is 10.4. The minimum Gasteiger partial charge on any atom is -0.388 e. The molecule has 0 aliphatic heterocycles. The molecule has 18 heavy (non-hydrogen) atoms. The molecule has 100 valence electrons. The van der Waals surface area contributed by atoms with E-state index in [0.717, 1.165) is 12.3 Å². The van der Waals surface area contributed by atoms with Gasteiger partial charge in [-0.25, -0.2) is 4.98 Å². The van der Waals surface area contributed by atoms with Crippen molar-refractivity contribution in [1.29, 1.82) is 0 Å². The molecule has 1 aromatic heterocycles. The van der Waals surface area contributed by atoms with E-state index in [0.29, 0.717) is 13.0 Å². The second kappa shape index (κ2) is 6.42. The van der Waals surface area contributed by atoms with Crippen molar-refractivity contribution < 1.29 is 19.0 Å². The number of carbonyl (C=O) groups is 1. The highest BCUT2D eigenvalue weighted by molar-refractivity contribution is 5.93. The van der Waals surface area contributed by atoms with Crippen LogP contribution in [-0.2, 0) is 4.74 Å². The largest absolute Gasteiger partial charge is 0.388 e. The number of rotatable bonds is 6. The quantitative estimate of drug-likeness (QED) is 0.736. The number of halogens is 1. The predicted molar refractivity (Wildman–Crippen MR) is 63.6 cm³/mol. The molecular weight excluding hydrogens is 239 g/mol. The summed E-state index contributed by atoms with van der Waals surface area (Å²) in [4.78, 5) is 15.0. The number of pyridine rings is 1. The Labute approximate surface area is 105 Å². The van der Waals surface area contributed by atoms with Gasteiger partial charge in [0.2, 0.25) is 5.95 Å². The van der Waals surface area contributed by atoms with E-state index in [4.69, 9.17) is 4.74 Å². The standard InChI is InChI=1S/C12H17FN2O3/c1-12(17,5-6-18-2)8-15-11(16)9-3-4-10(13)14-7-9/h3-4,7,17H,5-6,8H2,1-2H3,(H,15,16).